The van der Waals surface area contributed by atoms with Gasteiger partial charge in [0.2, 0.25) is 0 Å². The molecule has 0 unspecified atom stereocenters. The van der Waals surface area contributed by atoms with Gasteiger partial charge in [-0.05, 0) is 30.3 Å². The smallest absolute Gasteiger partial charge is 0.139 e. The van der Waals surface area contributed by atoms with E-state index in [9.17, 15) is 0 Å². The Kier molecular flexibility index (Phi) is 3.55. The third-order valence-electron chi connectivity index (χ3n) is 2.67. The molecule has 0 amide bonds. The number of nitrogens with one attached hydrogen (secondary N) is 1. The molecule has 0 fully saturated rings. The molecule has 0 atom stereocenters. The summed E-state index contributed by atoms with van der Waals surface area (Å²) < 4.78 is 0.601. The molecule has 1 aromatic carbocycles. The first-order chi connectivity index (χ1) is 8.36. The van der Waals surface area contributed by atoms with Crippen LogP contribution >= 0.6 is 23.8 Å². The average Bonchev–Trinajstić information content (AvgIpc) is 2.28. The third kappa shape index (κ3) is 2.98. The molecular formula is C14H15ClN2S. The molecule has 0 aliphatic carbocycles. The number of aromatic nitrogens is 2. The molecule has 4 heteroatoms. The molecule has 1 aromatic heterocycles. The van der Waals surface area contributed by atoms with Crippen LogP contribution in [0.1, 0.15) is 26.5 Å². The molecule has 94 valence electrons. The molecule has 0 aliphatic rings. The SMILES string of the molecule is CC(C)(C)c1cc(=S)nc(-c2ccc(Cl)cc2)[nH]1. The summed E-state index contributed by atoms with van der Waals surface area (Å²) in [6, 6.07) is 9.47. The van der Waals surface area contributed by atoms with Gasteiger partial charge in [-0.15, -0.1) is 0 Å². The lowest BCUT2D eigenvalue weighted by molar-refractivity contribution is 0.567. The minimum absolute atomic E-state index is 0.0116. The maximum atomic E-state index is 5.88. The van der Waals surface area contributed by atoms with E-state index in [0.29, 0.717) is 9.66 Å². The first kappa shape index (κ1) is 13.2. The van der Waals surface area contributed by atoms with Crippen molar-refractivity contribution in [1.29, 1.82) is 0 Å². The summed E-state index contributed by atoms with van der Waals surface area (Å²) >= 11 is 11.1. The van der Waals surface area contributed by atoms with Crippen LogP contribution in [-0.4, -0.2) is 9.97 Å². The largest absolute Gasteiger partial charge is 0.343 e. The highest BCUT2D eigenvalue weighted by Gasteiger charge is 2.15. The van der Waals surface area contributed by atoms with E-state index in [2.05, 4.69) is 30.7 Å². The zero-order chi connectivity index (χ0) is 13.3. The van der Waals surface area contributed by atoms with Crippen LogP contribution in [0.15, 0.2) is 30.3 Å². The highest BCUT2D eigenvalue weighted by Crippen LogP contribution is 2.23. The minimum atomic E-state index is 0.0116. The van der Waals surface area contributed by atoms with Gasteiger partial charge in [-0.25, -0.2) is 4.98 Å². The summed E-state index contributed by atoms with van der Waals surface area (Å²) in [6.45, 7) is 6.41. The van der Waals surface area contributed by atoms with Gasteiger partial charge in [0.05, 0.1) is 0 Å². The standard InChI is InChI=1S/C14H15ClN2S/c1-14(2,3)11-8-12(18)17-13(16-11)9-4-6-10(15)7-5-9/h4-8H,1-3H3,(H,16,17,18). The Morgan fingerprint density at radius 1 is 1.17 bits per heavy atom. The van der Waals surface area contributed by atoms with Crippen molar-refractivity contribution in [1.82, 2.24) is 9.97 Å². The van der Waals surface area contributed by atoms with E-state index in [1.54, 1.807) is 0 Å². The quantitative estimate of drug-likeness (QED) is 0.762. The fraction of sp³-hybridized carbons (Fsp3) is 0.286. The second-order valence-corrected chi connectivity index (χ2v) is 6.09. The summed E-state index contributed by atoms with van der Waals surface area (Å²) in [4.78, 5) is 7.70. The van der Waals surface area contributed by atoms with Crippen LogP contribution < -0.4 is 0 Å². The lowest BCUT2D eigenvalue weighted by atomic mass is 9.92. The van der Waals surface area contributed by atoms with Crippen molar-refractivity contribution >= 4 is 23.8 Å². The molecule has 0 aliphatic heterocycles. The predicted octanol–water partition coefficient (Wildman–Crippen LogP) is 4.76. The van der Waals surface area contributed by atoms with E-state index in [1.165, 1.54) is 0 Å². The number of halogens is 1. The Labute approximate surface area is 117 Å². The lowest BCUT2D eigenvalue weighted by Crippen LogP contribution is -2.14. The van der Waals surface area contributed by atoms with Crippen LogP contribution in [0.4, 0.5) is 0 Å². The van der Waals surface area contributed by atoms with Gasteiger partial charge in [0, 0.05) is 21.7 Å². The fourth-order valence-corrected chi connectivity index (χ4v) is 1.94. The Balaban J connectivity index is 2.55. The number of H-pyrrole nitrogens is 1. The molecule has 0 radical (unpaired) electrons. The molecule has 0 spiro atoms. The average molecular weight is 279 g/mol. The summed E-state index contributed by atoms with van der Waals surface area (Å²) in [5.74, 6) is 0.782. The molecule has 1 N–H and O–H groups in total. The first-order valence-electron chi connectivity index (χ1n) is 5.74. The number of hydrogen-bond acceptors (Lipinski definition) is 2. The van der Waals surface area contributed by atoms with E-state index < -0.39 is 0 Å². The number of hydrogen-bond donors (Lipinski definition) is 1. The van der Waals surface area contributed by atoms with E-state index >= 15 is 0 Å². The first-order valence-corrected chi connectivity index (χ1v) is 6.53. The third-order valence-corrected chi connectivity index (χ3v) is 3.13. The van der Waals surface area contributed by atoms with Crippen molar-refractivity contribution in [2.75, 3.05) is 0 Å². The minimum Gasteiger partial charge on any atom is -0.343 e. The summed E-state index contributed by atoms with van der Waals surface area (Å²) in [5.41, 5.74) is 2.07. The Morgan fingerprint density at radius 3 is 2.33 bits per heavy atom. The lowest BCUT2D eigenvalue weighted by Gasteiger charge is -2.19. The van der Waals surface area contributed by atoms with Crippen LogP contribution in [0.5, 0.6) is 0 Å². The summed E-state index contributed by atoms with van der Waals surface area (Å²) in [5, 5.41) is 0.712. The van der Waals surface area contributed by atoms with Gasteiger partial charge >= 0.3 is 0 Å². The molecule has 0 saturated carbocycles. The van der Waals surface area contributed by atoms with E-state index in [-0.39, 0.29) is 5.41 Å². The van der Waals surface area contributed by atoms with Crippen LogP contribution in [0.2, 0.25) is 5.02 Å². The van der Waals surface area contributed by atoms with Gasteiger partial charge in [0.25, 0.3) is 0 Å². The molecule has 2 rings (SSSR count). The predicted molar refractivity (Wildman–Crippen MR) is 78.6 cm³/mol. The van der Waals surface area contributed by atoms with Gasteiger partial charge in [0.1, 0.15) is 10.5 Å². The van der Waals surface area contributed by atoms with Crippen molar-refractivity contribution in [3.63, 3.8) is 0 Å². The number of benzene rings is 1. The zero-order valence-corrected chi connectivity index (χ0v) is 12.2. The van der Waals surface area contributed by atoms with Crippen molar-refractivity contribution in [2.24, 2.45) is 0 Å². The van der Waals surface area contributed by atoms with E-state index in [0.717, 1.165) is 17.1 Å². The topological polar surface area (TPSA) is 28.7 Å². The van der Waals surface area contributed by atoms with Gasteiger partial charge in [0.15, 0.2) is 0 Å². The van der Waals surface area contributed by atoms with Crippen LogP contribution in [0, 0.1) is 4.64 Å². The molecule has 1 heterocycles. The second kappa shape index (κ2) is 4.82. The number of nitrogens with zero attached hydrogens (tertiary/aromatic N) is 1. The van der Waals surface area contributed by atoms with Gasteiger partial charge < -0.3 is 4.98 Å². The molecular weight excluding hydrogens is 264 g/mol. The highest BCUT2D eigenvalue weighted by atomic mass is 35.5. The Hall–Kier alpha value is -1.19. The normalized spacial score (nSPS) is 11.6. The molecule has 18 heavy (non-hydrogen) atoms. The molecule has 2 aromatic rings. The van der Waals surface area contributed by atoms with Crippen LogP contribution in [0.3, 0.4) is 0 Å². The molecule has 0 saturated heterocycles. The van der Waals surface area contributed by atoms with E-state index in [1.807, 2.05) is 30.3 Å². The Bertz CT molecular complexity index is 609. The second-order valence-electron chi connectivity index (χ2n) is 5.24. The monoisotopic (exact) mass is 278 g/mol. The van der Waals surface area contributed by atoms with Gasteiger partial charge in [-0.1, -0.05) is 44.6 Å². The van der Waals surface area contributed by atoms with E-state index in [4.69, 9.17) is 23.8 Å². The van der Waals surface area contributed by atoms with Crippen LogP contribution in [-0.2, 0) is 5.41 Å². The van der Waals surface area contributed by atoms with Crippen LogP contribution in [0.25, 0.3) is 11.4 Å². The number of rotatable bonds is 1. The van der Waals surface area contributed by atoms with Crippen molar-refractivity contribution in [2.45, 2.75) is 26.2 Å². The number of aromatic amines is 1. The van der Waals surface area contributed by atoms with Gasteiger partial charge in [-0.3, -0.25) is 0 Å². The summed E-state index contributed by atoms with van der Waals surface area (Å²) in [6.07, 6.45) is 0. The van der Waals surface area contributed by atoms with Crippen molar-refractivity contribution < 1.29 is 0 Å². The van der Waals surface area contributed by atoms with Crippen molar-refractivity contribution in [3.8, 4) is 11.4 Å². The zero-order valence-electron chi connectivity index (χ0n) is 10.6. The maximum Gasteiger partial charge on any atom is 0.139 e. The Morgan fingerprint density at radius 2 is 1.78 bits per heavy atom. The molecule has 2 nitrogen and oxygen atoms in total. The summed E-state index contributed by atoms with van der Waals surface area (Å²) in [7, 11) is 0. The highest BCUT2D eigenvalue weighted by molar-refractivity contribution is 7.71. The molecule has 0 bridgehead atoms. The fourth-order valence-electron chi connectivity index (χ4n) is 1.61. The van der Waals surface area contributed by atoms with Gasteiger partial charge in [-0.2, -0.15) is 0 Å². The van der Waals surface area contributed by atoms with Crippen molar-refractivity contribution in [3.05, 3.63) is 45.7 Å². The maximum absolute atomic E-state index is 5.88.